The monoisotopic (exact) mass is 315 g/mol. The van der Waals surface area contributed by atoms with Crippen molar-refractivity contribution in [1.29, 1.82) is 0 Å². The highest BCUT2D eigenvalue weighted by Gasteiger charge is 2.24. The number of hydrogen-bond donors (Lipinski definition) is 1. The predicted octanol–water partition coefficient (Wildman–Crippen LogP) is 1.72. The first-order valence-corrected chi connectivity index (χ1v) is 10.0. The van der Waals surface area contributed by atoms with Gasteiger partial charge in [-0.05, 0) is 49.4 Å². The molecular formula is C14H21NO3S2. The van der Waals surface area contributed by atoms with Crippen LogP contribution in [0.4, 0.5) is 0 Å². The van der Waals surface area contributed by atoms with E-state index in [4.69, 9.17) is 5.73 Å². The molecule has 0 amide bonds. The highest BCUT2D eigenvalue weighted by atomic mass is 32.2. The largest absolute Gasteiger partial charge is 0.327 e. The normalized spacial score (nSPS) is 24.7. The summed E-state index contributed by atoms with van der Waals surface area (Å²) in [6, 6.07) is 6.57. The molecule has 3 atom stereocenters. The van der Waals surface area contributed by atoms with Gasteiger partial charge < -0.3 is 5.73 Å². The zero-order valence-electron chi connectivity index (χ0n) is 11.6. The first-order chi connectivity index (χ1) is 9.38. The van der Waals surface area contributed by atoms with Crippen LogP contribution >= 0.6 is 0 Å². The number of nitrogens with two attached hydrogens (primary N) is 1. The topological polar surface area (TPSA) is 77.2 Å². The first kappa shape index (κ1) is 15.7. The molecule has 0 aromatic heterocycles. The standard InChI is InChI=1S/C14H21NO3S2/c1-20(17,18)13-7-5-12(6-8-13)19(16)10-9-11-3-2-4-14(11)15/h5-8,11,14H,2-4,9-10,15H2,1H3. The summed E-state index contributed by atoms with van der Waals surface area (Å²) in [7, 11) is -4.27. The minimum absolute atomic E-state index is 0.250. The van der Waals surface area contributed by atoms with Gasteiger partial charge in [-0.2, -0.15) is 0 Å². The molecule has 0 spiro atoms. The Morgan fingerprint density at radius 3 is 2.40 bits per heavy atom. The highest BCUT2D eigenvalue weighted by molar-refractivity contribution is 7.90. The molecule has 4 nitrogen and oxygen atoms in total. The third kappa shape index (κ3) is 3.90. The lowest BCUT2D eigenvalue weighted by atomic mass is 10.0. The fraction of sp³-hybridized carbons (Fsp3) is 0.571. The SMILES string of the molecule is CS(=O)(=O)c1ccc(S(=O)CCC2CCCC2N)cc1. The third-order valence-electron chi connectivity index (χ3n) is 3.91. The average molecular weight is 315 g/mol. The van der Waals surface area contributed by atoms with Crippen LogP contribution in [-0.2, 0) is 20.6 Å². The van der Waals surface area contributed by atoms with E-state index in [9.17, 15) is 12.6 Å². The molecule has 0 aliphatic heterocycles. The maximum atomic E-state index is 12.2. The van der Waals surface area contributed by atoms with Crippen LogP contribution in [0.3, 0.4) is 0 Å². The van der Waals surface area contributed by atoms with Gasteiger partial charge in [0.2, 0.25) is 0 Å². The van der Waals surface area contributed by atoms with Crippen molar-refractivity contribution in [3.8, 4) is 0 Å². The second-order valence-electron chi connectivity index (χ2n) is 5.44. The van der Waals surface area contributed by atoms with Crippen molar-refractivity contribution in [3.63, 3.8) is 0 Å². The van der Waals surface area contributed by atoms with Gasteiger partial charge in [0.15, 0.2) is 9.84 Å². The molecule has 3 unspecified atom stereocenters. The summed E-state index contributed by atoms with van der Waals surface area (Å²) in [5.74, 6) is 1.07. The Morgan fingerprint density at radius 1 is 1.25 bits per heavy atom. The van der Waals surface area contributed by atoms with Crippen molar-refractivity contribution in [2.75, 3.05) is 12.0 Å². The Morgan fingerprint density at radius 2 is 1.90 bits per heavy atom. The highest BCUT2D eigenvalue weighted by Crippen LogP contribution is 2.27. The van der Waals surface area contributed by atoms with Gasteiger partial charge in [0.25, 0.3) is 0 Å². The maximum absolute atomic E-state index is 12.2. The van der Waals surface area contributed by atoms with Gasteiger partial charge in [0.05, 0.1) is 15.7 Å². The zero-order chi connectivity index (χ0) is 14.8. The van der Waals surface area contributed by atoms with Gasteiger partial charge in [-0.15, -0.1) is 0 Å². The van der Waals surface area contributed by atoms with E-state index >= 15 is 0 Å². The molecule has 0 saturated heterocycles. The predicted molar refractivity (Wildman–Crippen MR) is 80.8 cm³/mol. The zero-order valence-corrected chi connectivity index (χ0v) is 13.3. The van der Waals surface area contributed by atoms with E-state index < -0.39 is 20.6 Å². The van der Waals surface area contributed by atoms with Crippen LogP contribution in [0.1, 0.15) is 25.7 Å². The molecule has 1 aliphatic carbocycles. The van der Waals surface area contributed by atoms with Gasteiger partial charge in [-0.25, -0.2) is 8.42 Å². The van der Waals surface area contributed by atoms with Crippen molar-refractivity contribution in [3.05, 3.63) is 24.3 Å². The lowest BCUT2D eigenvalue weighted by molar-refractivity contribution is 0.468. The molecule has 112 valence electrons. The summed E-state index contributed by atoms with van der Waals surface area (Å²) in [5.41, 5.74) is 6.01. The molecule has 0 bridgehead atoms. The summed E-state index contributed by atoms with van der Waals surface area (Å²) in [4.78, 5) is 0.944. The van der Waals surface area contributed by atoms with Crippen molar-refractivity contribution in [1.82, 2.24) is 0 Å². The number of benzene rings is 1. The summed E-state index contributed by atoms with van der Waals surface area (Å²) in [6.45, 7) is 0. The molecule has 1 fully saturated rings. The number of rotatable bonds is 5. The second-order valence-corrected chi connectivity index (χ2v) is 9.02. The molecule has 2 N–H and O–H groups in total. The van der Waals surface area contributed by atoms with E-state index in [2.05, 4.69) is 0 Å². The Balaban J connectivity index is 1.96. The van der Waals surface area contributed by atoms with Gasteiger partial charge >= 0.3 is 0 Å². The van der Waals surface area contributed by atoms with Crippen molar-refractivity contribution in [2.24, 2.45) is 11.7 Å². The fourth-order valence-corrected chi connectivity index (χ4v) is 4.46. The van der Waals surface area contributed by atoms with Crippen LogP contribution in [0.2, 0.25) is 0 Å². The molecule has 20 heavy (non-hydrogen) atoms. The molecule has 1 aromatic rings. The molecule has 2 rings (SSSR count). The van der Waals surface area contributed by atoms with Gasteiger partial charge in [0.1, 0.15) is 0 Å². The first-order valence-electron chi connectivity index (χ1n) is 6.82. The lowest BCUT2D eigenvalue weighted by Gasteiger charge is -2.14. The van der Waals surface area contributed by atoms with E-state index in [0.717, 1.165) is 19.3 Å². The number of sulfone groups is 1. The Bertz CT molecular complexity index is 581. The van der Waals surface area contributed by atoms with Crippen LogP contribution in [0.25, 0.3) is 0 Å². The van der Waals surface area contributed by atoms with Crippen LogP contribution in [0, 0.1) is 5.92 Å². The van der Waals surface area contributed by atoms with E-state index in [1.54, 1.807) is 12.1 Å². The van der Waals surface area contributed by atoms with Crippen molar-refractivity contribution >= 4 is 20.6 Å². The van der Waals surface area contributed by atoms with Crippen LogP contribution in [-0.4, -0.2) is 30.7 Å². The Labute approximate surface area is 123 Å². The van der Waals surface area contributed by atoms with E-state index in [0.29, 0.717) is 16.6 Å². The van der Waals surface area contributed by atoms with Crippen molar-refractivity contribution < 1.29 is 12.6 Å². The van der Waals surface area contributed by atoms with Gasteiger partial charge in [-0.3, -0.25) is 4.21 Å². The van der Waals surface area contributed by atoms with Crippen molar-refractivity contribution in [2.45, 2.75) is 41.5 Å². The van der Waals surface area contributed by atoms with E-state index in [1.165, 1.54) is 24.8 Å². The fourth-order valence-electron chi connectivity index (χ4n) is 2.64. The maximum Gasteiger partial charge on any atom is 0.175 e. The van der Waals surface area contributed by atoms with Crippen LogP contribution in [0.15, 0.2) is 34.1 Å². The molecule has 0 heterocycles. The van der Waals surface area contributed by atoms with E-state index in [1.807, 2.05) is 0 Å². The summed E-state index contributed by atoms with van der Waals surface area (Å²) in [5, 5.41) is 0. The molecule has 0 radical (unpaired) electrons. The second kappa shape index (κ2) is 6.37. The Kier molecular flexibility index (Phi) is 4.99. The summed E-state index contributed by atoms with van der Waals surface area (Å²) < 4.78 is 34.9. The summed E-state index contributed by atoms with van der Waals surface area (Å²) in [6.07, 6.45) is 5.41. The molecule has 1 aromatic carbocycles. The molecule has 1 saturated carbocycles. The quantitative estimate of drug-likeness (QED) is 0.897. The van der Waals surface area contributed by atoms with Crippen LogP contribution < -0.4 is 5.73 Å². The van der Waals surface area contributed by atoms with Gasteiger partial charge in [0, 0.05) is 22.9 Å². The van der Waals surface area contributed by atoms with Crippen LogP contribution in [0.5, 0.6) is 0 Å². The smallest absolute Gasteiger partial charge is 0.175 e. The molecular weight excluding hydrogens is 294 g/mol. The third-order valence-corrected chi connectivity index (χ3v) is 6.44. The lowest BCUT2D eigenvalue weighted by Crippen LogP contribution is -2.25. The minimum atomic E-state index is -3.19. The number of hydrogen-bond acceptors (Lipinski definition) is 4. The molecule has 6 heteroatoms. The van der Waals surface area contributed by atoms with E-state index in [-0.39, 0.29) is 10.9 Å². The molecule has 1 aliphatic rings. The average Bonchev–Trinajstić information content (AvgIpc) is 2.81. The van der Waals surface area contributed by atoms with Gasteiger partial charge in [-0.1, -0.05) is 6.42 Å². The summed E-state index contributed by atoms with van der Waals surface area (Å²) >= 11 is 0. The minimum Gasteiger partial charge on any atom is -0.327 e. The Hall–Kier alpha value is -0.720.